The zero-order chi connectivity index (χ0) is 15.8. The van der Waals surface area contributed by atoms with E-state index in [1.807, 2.05) is 13.1 Å². The number of hydrogen-bond acceptors (Lipinski definition) is 6. The van der Waals surface area contributed by atoms with Gasteiger partial charge in [0.1, 0.15) is 13.2 Å². The fraction of sp³-hybridized carbons (Fsp3) is 0.529. The molecule has 7 heteroatoms. The van der Waals surface area contributed by atoms with Gasteiger partial charge in [-0.3, -0.25) is 0 Å². The highest BCUT2D eigenvalue weighted by Crippen LogP contribution is 2.55. The second-order valence-electron chi connectivity index (χ2n) is 6.29. The van der Waals surface area contributed by atoms with Gasteiger partial charge in [-0.05, 0) is 44.0 Å². The highest BCUT2D eigenvalue weighted by Gasteiger charge is 2.44. The van der Waals surface area contributed by atoms with Crippen molar-refractivity contribution in [3.05, 3.63) is 35.5 Å². The lowest BCUT2D eigenvalue weighted by Gasteiger charge is -2.18. The minimum Gasteiger partial charge on any atom is -0.486 e. The fourth-order valence-corrected chi connectivity index (χ4v) is 3.00. The summed E-state index contributed by atoms with van der Waals surface area (Å²) < 4.78 is 16.7. The van der Waals surface area contributed by atoms with E-state index in [1.165, 1.54) is 5.56 Å². The van der Waals surface area contributed by atoms with Crippen LogP contribution in [0.25, 0.3) is 0 Å². The van der Waals surface area contributed by atoms with Crippen molar-refractivity contribution in [3.8, 4) is 11.5 Å². The van der Waals surface area contributed by atoms with Gasteiger partial charge < -0.3 is 19.3 Å². The van der Waals surface area contributed by atoms with E-state index in [-0.39, 0.29) is 12.4 Å². The van der Waals surface area contributed by atoms with Gasteiger partial charge in [0.15, 0.2) is 17.3 Å². The summed E-state index contributed by atoms with van der Waals surface area (Å²) >= 11 is 0. The number of aromatic nitrogens is 2. The molecule has 2 aliphatic rings. The first kappa shape index (κ1) is 17.0. The lowest BCUT2D eigenvalue weighted by atomic mass is 10.1. The summed E-state index contributed by atoms with van der Waals surface area (Å²) in [7, 11) is 1.93. The van der Waals surface area contributed by atoms with Crippen molar-refractivity contribution in [1.29, 1.82) is 0 Å². The molecule has 1 aromatic carbocycles. The quantitative estimate of drug-likeness (QED) is 0.893. The van der Waals surface area contributed by atoms with Crippen molar-refractivity contribution in [2.45, 2.75) is 37.6 Å². The Bertz CT molecular complexity index is 706. The average molecular weight is 352 g/mol. The van der Waals surface area contributed by atoms with Gasteiger partial charge in [0.2, 0.25) is 5.89 Å². The normalized spacial score (nSPS) is 22.6. The minimum atomic E-state index is 0. The van der Waals surface area contributed by atoms with Crippen LogP contribution in [0.3, 0.4) is 0 Å². The molecule has 0 amide bonds. The summed E-state index contributed by atoms with van der Waals surface area (Å²) in [6, 6.07) is 6.53. The Morgan fingerprint density at radius 2 is 2.00 bits per heavy atom. The number of nitrogens with one attached hydrogen (secondary N) is 1. The van der Waals surface area contributed by atoms with Crippen LogP contribution in [0.1, 0.15) is 42.5 Å². The maximum Gasteiger partial charge on any atom is 0.230 e. The Kier molecular flexibility index (Phi) is 4.96. The van der Waals surface area contributed by atoms with Crippen molar-refractivity contribution in [2.24, 2.45) is 0 Å². The van der Waals surface area contributed by atoms with Crippen LogP contribution < -0.4 is 14.8 Å². The van der Waals surface area contributed by atoms with Crippen LogP contribution in [0, 0.1) is 0 Å². The van der Waals surface area contributed by atoms with Crippen molar-refractivity contribution >= 4 is 12.4 Å². The fourth-order valence-electron chi connectivity index (χ4n) is 3.00. The van der Waals surface area contributed by atoms with E-state index in [1.54, 1.807) is 0 Å². The zero-order valence-corrected chi connectivity index (χ0v) is 14.6. The molecule has 130 valence electrons. The van der Waals surface area contributed by atoms with Crippen molar-refractivity contribution in [3.63, 3.8) is 0 Å². The molecule has 1 aromatic heterocycles. The predicted molar refractivity (Wildman–Crippen MR) is 91.3 cm³/mol. The molecule has 0 radical (unpaired) electrons. The SMILES string of the molecule is CNC(C)Cc1noc(C2CC2c2ccc3c(c2)OCCO3)n1.Cl. The molecule has 4 rings (SSSR count). The number of rotatable bonds is 5. The maximum absolute atomic E-state index is 5.66. The summed E-state index contributed by atoms with van der Waals surface area (Å²) in [6.07, 6.45) is 1.82. The van der Waals surface area contributed by atoms with Gasteiger partial charge in [0.25, 0.3) is 0 Å². The smallest absolute Gasteiger partial charge is 0.230 e. The molecule has 2 heterocycles. The molecule has 1 N–H and O–H groups in total. The molecule has 1 aliphatic heterocycles. The highest BCUT2D eigenvalue weighted by molar-refractivity contribution is 5.85. The largest absolute Gasteiger partial charge is 0.486 e. The Morgan fingerprint density at radius 1 is 1.21 bits per heavy atom. The molecule has 1 aliphatic carbocycles. The Balaban J connectivity index is 0.00000169. The Hall–Kier alpha value is -1.79. The van der Waals surface area contributed by atoms with E-state index in [9.17, 15) is 0 Å². The summed E-state index contributed by atoms with van der Waals surface area (Å²) in [6.45, 7) is 3.33. The van der Waals surface area contributed by atoms with Crippen LogP contribution in [0.15, 0.2) is 22.7 Å². The lowest BCUT2D eigenvalue weighted by Crippen LogP contribution is -2.24. The number of likely N-dealkylation sites (N-methyl/N-ethyl adjacent to an activating group) is 1. The molecule has 6 nitrogen and oxygen atoms in total. The average Bonchev–Trinajstić information content (AvgIpc) is 3.26. The van der Waals surface area contributed by atoms with Gasteiger partial charge in [-0.15, -0.1) is 12.4 Å². The minimum absolute atomic E-state index is 0. The van der Waals surface area contributed by atoms with E-state index in [2.05, 4.69) is 34.5 Å². The number of ether oxygens (including phenoxy) is 2. The second-order valence-corrected chi connectivity index (χ2v) is 6.29. The first-order chi connectivity index (χ1) is 11.2. The third-order valence-electron chi connectivity index (χ3n) is 4.57. The molecule has 0 spiro atoms. The third kappa shape index (κ3) is 3.35. The summed E-state index contributed by atoms with van der Waals surface area (Å²) in [5.41, 5.74) is 1.25. The van der Waals surface area contributed by atoms with Gasteiger partial charge in [-0.25, -0.2) is 0 Å². The summed E-state index contributed by atoms with van der Waals surface area (Å²) in [5, 5.41) is 7.28. The number of benzene rings is 1. The topological polar surface area (TPSA) is 69.4 Å². The van der Waals surface area contributed by atoms with E-state index in [0.717, 1.165) is 36.1 Å². The number of halogens is 1. The van der Waals surface area contributed by atoms with Gasteiger partial charge in [0, 0.05) is 18.4 Å². The van der Waals surface area contributed by atoms with Crippen molar-refractivity contribution in [2.75, 3.05) is 20.3 Å². The van der Waals surface area contributed by atoms with E-state index < -0.39 is 0 Å². The first-order valence-electron chi connectivity index (χ1n) is 8.14. The standard InChI is InChI=1S/C17H21N3O3.ClH/c1-10(18-2)7-16-19-17(23-20-16)13-9-12(13)11-3-4-14-15(8-11)22-6-5-21-14;/h3-4,8,10,12-13,18H,5-7,9H2,1-2H3;1H. The summed E-state index contributed by atoms with van der Waals surface area (Å²) in [4.78, 5) is 4.55. The van der Waals surface area contributed by atoms with E-state index in [4.69, 9.17) is 14.0 Å². The van der Waals surface area contributed by atoms with Crippen LogP contribution in [0.2, 0.25) is 0 Å². The number of hydrogen-bond donors (Lipinski definition) is 1. The molecule has 0 bridgehead atoms. The van der Waals surface area contributed by atoms with E-state index >= 15 is 0 Å². The first-order valence-corrected chi connectivity index (χ1v) is 8.14. The van der Waals surface area contributed by atoms with Crippen LogP contribution in [0.5, 0.6) is 11.5 Å². The van der Waals surface area contributed by atoms with Crippen LogP contribution in [-0.4, -0.2) is 36.4 Å². The molecule has 0 saturated heterocycles. The molecule has 1 fully saturated rings. The molecule has 3 atom stereocenters. The van der Waals surface area contributed by atoms with Gasteiger partial charge in [-0.2, -0.15) is 4.98 Å². The van der Waals surface area contributed by atoms with Crippen molar-refractivity contribution < 1.29 is 14.0 Å². The van der Waals surface area contributed by atoms with Gasteiger partial charge in [-0.1, -0.05) is 11.2 Å². The molecule has 3 unspecified atom stereocenters. The molecule has 1 saturated carbocycles. The number of fused-ring (bicyclic) bond motifs is 1. The molecule has 2 aromatic rings. The van der Waals surface area contributed by atoms with Gasteiger partial charge >= 0.3 is 0 Å². The molecule has 24 heavy (non-hydrogen) atoms. The van der Waals surface area contributed by atoms with Crippen LogP contribution in [0.4, 0.5) is 0 Å². The van der Waals surface area contributed by atoms with Gasteiger partial charge in [0.05, 0.1) is 0 Å². The number of nitrogens with zero attached hydrogens (tertiary/aromatic N) is 2. The monoisotopic (exact) mass is 351 g/mol. The van der Waals surface area contributed by atoms with Crippen LogP contribution >= 0.6 is 12.4 Å². The Labute approximate surface area is 147 Å². The highest BCUT2D eigenvalue weighted by atomic mass is 35.5. The predicted octanol–water partition coefficient (Wildman–Crippen LogP) is 2.68. The summed E-state index contributed by atoms with van der Waals surface area (Å²) in [5.74, 6) is 3.95. The lowest BCUT2D eigenvalue weighted by molar-refractivity contribution is 0.171. The second kappa shape index (κ2) is 6.99. The zero-order valence-electron chi connectivity index (χ0n) is 13.8. The van der Waals surface area contributed by atoms with Crippen LogP contribution in [-0.2, 0) is 6.42 Å². The molecular formula is C17H22ClN3O3. The third-order valence-corrected chi connectivity index (χ3v) is 4.57. The van der Waals surface area contributed by atoms with Crippen molar-refractivity contribution in [1.82, 2.24) is 15.5 Å². The Morgan fingerprint density at radius 3 is 2.79 bits per heavy atom. The van der Waals surface area contributed by atoms with E-state index in [0.29, 0.717) is 31.1 Å². The molecular weight excluding hydrogens is 330 g/mol. The maximum atomic E-state index is 5.66.